The van der Waals surface area contributed by atoms with Gasteiger partial charge >= 0.3 is 6.18 Å². The Kier molecular flexibility index (Phi) is 3.48. The van der Waals surface area contributed by atoms with Crippen molar-refractivity contribution < 1.29 is 17.6 Å². The van der Waals surface area contributed by atoms with E-state index in [9.17, 15) is 17.6 Å². The maximum atomic E-state index is 12.9. The predicted octanol–water partition coefficient (Wildman–Crippen LogP) is 4.59. The molecule has 0 amide bonds. The topological polar surface area (TPSA) is 37.6 Å². The lowest BCUT2D eigenvalue weighted by atomic mass is 9.94. The Labute approximate surface area is 121 Å². The van der Waals surface area contributed by atoms with E-state index in [4.69, 9.17) is 0 Å². The van der Waals surface area contributed by atoms with Gasteiger partial charge < -0.3 is 0 Å². The highest BCUT2D eigenvalue weighted by atomic mass is 32.1. The molecule has 1 aliphatic heterocycles. The molecule has 1 aromatic carbocycles. The molecule has 0 fully saturated rings. The van der Waals surface area contributed by atoms with Crippen LogP contribution in [0.25, 0.3) is 0 Å². The number of azo groups is 1. The van der Waals surface area contributed by atoms with Crippen LogP contribution in [0.2, 0.25) is 0 Å². The smallest absolute Gasteiger partial charge is 0.240 e. The Morgan fingerprint density at radius 3 is 2.48 bits per heavy atom. The zero-order chi connectivity index (χ0) is 15.0. The molecule has 3 nitrogen and oxygen atoms in total. The number of thiazole rings is 1. The third kappa shape index (κ3) is 2.80. The molecule has 110 valence electrons. The third-order valence-electron chi connectivity index (χ3n) is 3.21. The third-order valence-corrected chi connectivity index (χ3v) is 4.38. The molecule has 0 N–H and O–H groups in total. The molecule has 21 heavy (non-hydrogen) atoms. The highest BCUT2D eigenvalue weighted by Gasteiger charge is 2.37. The van der Waals surface area contributed by atoms with E-state index in [1.807, 2.05) is 0 Å². The molecule has 3 rings (SSSR count). The maximum absolute atomic E-state index is 12.9. The lowest BCUT2D eigenvalue weighted by Crippen LogP contribution is -2.06. The first-order valence-corrected chi connectivity index (χ1v) is 6.92. The molecule has 0 bridgehead atoms. The SMILES string of the molecule is Fc1ccc(C2N=NCC2c2cnc(C(F)(F)F)s2)cc1. The molecule has 0 aliphatic carbocycles. The predicted molar refractivity (Wildman–Crippen MR) is 68.7 cm³/mol. The Morgan fingerprint density at radius 2 is 1.86 bits per heavy atom. The number of halogens is 4. The van der Waals surface area contributed by atoms with Crippen molar-refractivity contribution in [2.24, 2.45) is 10.2 Å². The molecule has 0 spiro atoms. The van der Waals surface area contributed by atoms with Crippen LogP contribution in [0.1, 0.15) is 27.4 Å². The molecule has 2 heterocycles. The van der Waals surface area contributed by atoms with Gasteiger partial charge in [-0.2, -0.15) is 23.4 Å². The summed E-state index contributed by atoms with van der Waals surface area (Å²) >= 11 is 0.608. The number of hydrogen-bond donors (Lipinski definition) is 0. The Bertz CT molecular complexity index is 663. The molecule has 2 atom stereocenters. The monoisotopic (exact) mass is 315 g/mol. The molecule has 8 heteroatoms. The summed E-state index contributed by atoms with van der Waals surface area (Å²) in [7, 11) is 0. The van der Waals surface area contributed by atoms with Crippen LogP contribution < -0.4 is 0 Å². The summed E-state index contributed by atoms with van der Waals surface area (Å²) < 4.78 is 50.8. The Hall–Kier alpha value is -1.83. The van der Waals surface area contributed by atoms with E-state index in [0.717, 1.165) is 5.56 Å². The van der Waals surface area contributed by atoms with Crippen molar-refractivity contribution >= 4 is 11.3 Å². The largest absolute Gasteiger partial charge is 0.443 e. The molecule has 0 saturated carbocycles. The van der Waals surface area contributed by atoms with Crippen LogP contribution in [-0.2, 0) is 6.18 Å². The summed E-state index contributed by atoms with van der Waals surface area (Å²) in [6.07, 6.45) is -3.22. The number of hydrogen-bond acceptors (Lipinski definition) is 4. The minimum Gasteiger partial charge on any atom is -0.240 e. The van der Waals surface area contributed by atoms with E-state index in [1.54, 1.807) is 12.1 Å². The van der Waals surface area contributed by atoms with Crippen LogP contribution in [0.3, 0.4) is 0 Å². The van der Waals surface area contributed by atoms with E-state index in [2.05, 4.69) is 15.2 Å². The number of nitrogens with zero attached hydrogens (tertiary/aromatic N) is 3. The lowest BCUT2D eigenvalue weighted by molar-refractivity contribution is -0.137. The number of benzene rings is 1. The fourth-order valence-electron chi connectivity index (χ4n) is 2.20. The van der Waals surface area contributed by atoms with Crippen LogP contribution >= 0.6 is 11.3 Å². The summed E-state index contributed by atoms with van der Waals surface area (Å²) in [6, 6.07) is 5.35. The molecule has 0 saturated heterocycles. The zero-order valence-corrected chi connectivity index (χ0v) is 11.3. The first-order chi connectivity index (χ1) is 9.95. The van der Waals surface area contributed by atoms with E-state index < -0.39 is 17.2 Å². The number of aromatic nitrogens is 1. The van der Waals surface area contributed by atoms with Gasteiger partial charge in [0, 0.05) is 17.0 Å². The number of rotatable bonds is 2. The molecule has 0 radical (unpaired) electrons. The maximum Gasteiger partial charge on any atom is 0.443 e. The quantitative estimate of drug-likeness (QED) is 0.747. The van der Waals surface area contributed by atoms with Gasteiger partial charge in [-0.15, -0.1) is 11.3 Å². The van der Waals surface area contributed by atoms with Crippen molar-refractivity contribution in [2.75, 3.05) is 6.54 Å². The van der Waals surface area contributed by atoms with Crippen LogP contribution in [0.15, 0.2) is 40.7 Å². The van der Waals surface area contributed by atoms with Crippen molar-refractivity contribution in [1.82, 2.24) is 4.98 Å². The summed E-state index contributed by atoms with van der Waals surface area (Å²) in [5.41, 5.74) is 0.726. The summed E-state index contributed by atoms with van der Waals surface area (Å²) in [5, 5.41) is 7.11. The van der Waals surface area contributed by atoms with Gasteiger partial charge in [0.15, 0.2) is 5.01 Å². The van der Waals surface area contributed by atoms with Crippen molar-refractivity contribution in [2.45, 2.75) is 18.1 Å². The molecule has 1 aliphatic rings. The summed E-state index contributed by atoms with van der Waals surface area (Å²) in [4.78, 5) is 3.91. The van der Waals surface area contributed by atoms with Crippen LogP contribution in [0.4, 0.5) is 17.6 Å². The van der Waals surface area contributed by atoms with Crippen LogP contribution in [0, 0.1) is 5.82 Å². The van der Waals surface area contributed by atoms with Gasteiger partial charge in [-0.25, -0.2) is 9.37 Å². The van der Waals surface area contributed by atoms with Gasteiger partial charge in [0.25, 0.3) is 0 Å². The minimum absolute atomic E-state index is 0.288. The molecule has 2 unspecified atom stereocenters. The second kappa shape index (κ2) is 5.18. The number of alkyl halides is 3. The molecule has 1 aromatic heterocycles. The van der Waals surface area contributed by atoms with E-state index in [-0.39, 0.29) is 11.7 Å². The van der Waals surface area contributed by atoms with Crippen LogP contribution in [-0.4, -0.2) is 11.5 Å². The molecular weight excluding hydrogens is 306 g/mol. The summed E-state index contributed by atoms with van der Waals surface area (Å²) in [5.74, 6) is -0.661. The van der Waals surface area contributed by atoms with Crippen molar-refractivity contribution in [3.63, 3.8) is 0 Å². The van der Waals surface area contributed by atoms with E-state index in [0.29, 0.717) is 22.8 Å². The van der Waals surface area contributed by atoms with Crippen molar-refractivity contribution in [3.8, 4) is 0 Å². The first kappa shape index (κ1) is 14.1. The fraction of sp³-hybridized carbons (Fsp3) is 0.308. The van der Waals surface area contributed by atoms with Gasteiger partial charge in [0.1, 0.15) is 11.9 Å². The Morgan fingerprint density at radius 1 is 1.14 bits per heavy atom. The second-order valence-corrected chi connectivity index (χ2v) is 5.67. The fourth-order valence-corrected chi connectivity index (χ4v) is 3.10. The average Bonchev–Trinajstić information content (AvgIpc) is 3.07. The van der Waals surface area contributed by atoms with Crippen LogP contribution in [0.5, 0.6) is 0 Å². The van der Waals surface area contributed by atoms with Gasteiger partial charge in [-0.05, 0) is 17.7 Å². The second-order valence-electron chi connectivity index (χ2n) is 4.61. The molecular formula is C13H9F4N3S. The van der Waals surface area contributed by atoms with Crippen molar-refractivity contribution in [3.05, 3.63) is 51.7 Å². The highest BCUT2D eigenvalue weighted by molar-refractivity contribution is 7.11. The van der Waals surface area contributed by atoms with Gasteiger partial charge in [0.05, 0.1) is 6.54 Å². The standard InChI is InChI=1S/C13H9F4N3S/c14-8-3-1-7(2-4-8)11-9(5-19-20-11)10-6-18-12(21-10)13(15,16)17/h1-4,6,9,11H,5H2. The van der Waals surface area contributed by atoms with Gasteiger partial charge in [-0.1, -0.05) is 12.1 Å². The minimum atomic E-state index is -4.44. The summed E-state index contributed by atoms with van der Waals surface area (Å²) in [6.45, 7) is 0.307. The van der Waals surface area contributed by atoms with E-state index >= 15 is 0 Å². The highest BCUT2D eigenvalue weighted by Crippen LogP contribution is 2.43. The Balaban J connectivity index is 1.88. The van der Waals surface area contributed by atoms with Gasteiger partial charge in [-0.3, -0.25) is 0 Å². The lowest BCUT2D eigenvalue weighted by Gasteiger charge is -2.14. The average molecular weight is 315 g/mol. The van der Waals surface area contributed by atoms with Crippen molar-refractivity contribution in [1.29, 1.82) is 0 Å². The van der Waals surface area contributed by atoms with E-state index in [1.165, 1.54) is 18.3 Å². The van der Waals surface area contributed by atoms with Gasteiger partial charge in [0.2, 0.25) is 0 Å². The normalized spacial score (nSPS) is 21.9. The molecule has 2 aromatic rings. The zero-order valence-electron chi connectivity index (χ0n) is 10.5. The first-order valence-electron chi connectivity index (χ1n) is 6.10.